The standard InChI is InChI=1S/C21H24N2O4/c1-26-18-9-20-19(21(10-18)27-2)8-15(12-23-20)11-22-16(13-24)7-14-3-5-17(25)6-4-14/h3-6,8-10,12,16,22,24-25H,7,11,13H2,1-2H3/t16-/m0/s1. The first-order valence-corrected chi connectivity index (χ1v) is 8.75. The Balaban J connectivity index is 1.72. The Bertz CT molecular complexity index is 897. The molecule has 1 heterocycles. The van der Waals surface area contributed by atoms with Crippen LogP contribution in [0.25, 0.3) is 10.9 Å². The van der Waals surface area contributed by atoms with Crippen molar-refractivity contribution >= 4 is 10.9 Å². The maximum atomic E-state index is 9.67. The molecule has 0 saturated heterocycles. The molecule has 142 valence electrons. The van der Waals surface area contributed by atoms with Crippen LogP contribution in [0.15, 0.2) is 48.7 Å². The Morgan fingerprint density at radius 1 is 1.04 bits per heavy atom. The van der Waals surface area contributed by atoms with Crippen LogP contribution in [0.1, 0.15) is 11.1 Å². The summed E-state index contributed by atoms with van der Waals surface area (Å²) in [6.45, 7) is 0.587. The van der Waals surface area contributed by atoms with Gasteiger partial charge in [0.1, 0.15) is 17.2 Å². The number of pyridine rings is 1. The van der Waals surface area contributed by atoms with Gasteiger partial charge in [0.05, 0.1) is 26.3 Å². The van der Waals surface area contributed by atoms with E-state index < -0.39 is 0 Å². The first-order chi connectivity index (χ1) is 13.1. The molecule has 3 N–H and O–H groups in total. The Kier molecular flexibility index (Phi) is 6.11. The lowest BCUT2D eigenvalue weighted by Gasteiger charge is -2.17. The lowest BCUT2D eigenvalue weighted by molar-refractivity contribution is 0.241. The number of methoxy groups -OCH3 is 2. The van der Waals surface area contributed by atoms with Gasteiger partial charge in [0.2, 0.25) is 0 Å². The van der Waals surface area contributed by atoms with Crippen LogP contribution in [0.3, 0.4) is 0 Å². The first-order valence-electron chi connectivity index (χ1n) is 8.75. The highest BCUT2D eigenvalue weighted by Crippen LogP contribution is 2.30. The maximum absolute atomic E-state index is 9.67. The van der Waals surface area contributed by atoms with Gasteiger partial charge in [-0.2, -0.15) is 0 Å². The van der Waals surface area contributed by atoms with Crippen molar-refractivity contribution in [3.05, 3.63) is 59.8 Å². The summed E-state index contributed by atoms with van der Waals surface area (Å²) in [7, 11) is 3.24. The molecule has 0 aliphatic heterocycles. The molecule has 0 aliphatic carbocycles. The van der Waals surface area contributed by atoms with Gasteiger partial charge in [0.25, 0.3) is 0 Å². The van der Waals surface area contributed by atoms with Crippen LogP contribution in [0, 0.1) is 0 Å². The molecule has 0 aliphatic rings. The Morgan fingerprint density at radius 2 is 1.81 bits per heavy atom. The van der Waals surface area contributed by atoms with E-state index in [0.717, 1.165) is 22.0 Å². The van der Waals surface area contributed by atoms with Gasteiger partial charge in [-0.25, -0.2) is 0 Å². The van der Waals surface area contributed by atoms with Gasteiger partial charge < -0.3 is 25.0 Å². The molecule has 0 bridgehead atoms. The minimum Gasteiger partial charge on any atom is -0.508 e. The smallest absolute Gasteiger partial charge is 0.131 e. The largest absolute Gasteiger partial charge is 0.508 e. The molecule has 6 heteroatoms. The quantitative estimate of drug-likeness (QED) is 0.567. The van der Waals surface area contributed by atoms with E-state index in [1.165, 1.54) is 0 Å². The molecule has 1 atom stereocenters. The number of hydrogen-bond acceptors (Lipinski definition) is 6. The molecular formula is C21H24N2O4. The SMILES string of the molecule is COc1cc(OC)c2cc(CN[C@H](CO)Cc3ccc(O)cc3)cnc2c1. The molecule has 0 amide bonds. The number of nitrogens with zero attached hydrogens (tertiary/aromatic N) is 1. The van der Waals surface area contributed by atoms with Crippen LogP contribution >= 0.6 is 0 Å². The average Bonchev–Trinajstić information content (AvgIpc) is 2.71. The third-order valence-electron chi connectivity index (χ3n) is 4.48. The van der Waals surface area contributed by atoms with E-state index in [4.69, 9.17) is 9.47 Å². The summed E-state index contributed by atoms with van der Waals surface area (Å²) in [5.74, 6) is 1.65. The number of aliphatic hydroxyl groups excluding tert-OH is 1. The van der Waals surface area contributed by atoms with Crippen molar-refractivity contribution in [1.29, 1.82) is 0 Å². The van der Waals surface area contributed by atoms with E-state index >= 15 is 0 Å². The van der Waals surface area contributed by atoms with E-state index in [1.807, 2.05) is 36.5 Å². The third-order valence-corrected chi connectivity index (χ3v) is 4.48. The van der Waals surface area contributed by atoms with Crippen molar-refractivity contribution in [1.82, 2.24) is 10.3 Å². The first kappa shape index (κ1) is 18.9. The molecule has 6 nitrogen and oxygen atoms in total. The number of aromatic hydroxyl groups is 1. The number of aromatic nitrogens is 1. The van der Waals surface area contributed by atoms with E-state index in [-0.39, 0.29) is 18.4 Å². The van der Waals surface area contributed by atoms with Crippen LogP contribution < -0.4 is 14.8 Å². The molecule has 3 rings (SSSR count). The predicted molar refractivity (Wildman–Crippen MR) is 104 cm³/mol. The van der Waals surface area contributed by atoms with Gasteiger partial charge in [-0.3, -0.25) is 4.98 Å². The summed E-state index contributed by atoms with van der Waals surface area (Å²) in [4.78, 5) is 4.51. The summed E-state index contributed by atoms with van der Waals surface area (Å²) in [5, 5.41) is 23.3. The summed E-state index contributed by atoms with van der Waals surface area (Å²) in [6, 6.07) is 12.7. The number of benzene rings is 2. The van der Waals surface area contributed by atoms with Crippen LogP contribution in [0.2, 0.25) is 0 Å². The molecular weight excluding hydrogens is 344 g/mol. The molecule has 2 aromatic carbocycles. The monoisotopic (exact) mass is 368 g/mol. The summed E-state index contributed by atoms with van der Waals surface area (Å²) >= 11 is 0. The zero-order chi connectivity index (χ0) is 19.2. The van der Waals surface area contributed by atoms with Gasteiger partial charge >= 0.3 is 0 Å². The second-order valence-corrected chi connectivity index (χ2v) is 6.37. The van der Waals surface area contributed by atoms with E-state index in [0.29, 0.717) is 24.5 Å². The molecule has 0 spiro atoms. The fourth-order valence-electron chi connectivity index (χ4n) is 2.98. The van der Waals surface area contributed by atoms with Crippen molar-refractivity contribution in [2.24, 2.45) is 0 Å². The zero-order valence-corrected chi connectivity index (χ0v) is 15.5. The minimum absolute atomic E-state index is 0.0163. The van der Waals surface area contributed by atoms with Crippen molar-refractivity contribution in [2.75, 3.05) is 20.8 Å². The van der Waals surface area contributed by atoms with Crippen molar-refractivity contribution < 1.29 is 19.7 Å². The van der Waals surface area contributed by atoms with Gasteiger partial charge in [-0.05, 0) is 35.7 Å². The number of rotatable bonds is 8. The zero-order valence-electron chi connectivity index (χ0n) is 15.5. The fraction of sp³-hybridized carbons (Fsp3) is 0.286. The lowest BCUT2D eigenvalue weighted by atomic mass is 10.1. The minimum atomic E-state index is -0.0944. The summed E-state index contributed by atoms with van der Waals surface area (Å²) in [5.41, 5.74) is 2.85. The van der Waals surface area contributed by atoms with Crippen LogP contribution in [0.4, 0.5) is 0 Å². The molecule has 27 heavy (non-hydrogen) atoms. The number of hydrogen-bond donors (Lipinski definition) is 3. The Morgan fingerprint density at radius 3 is 2.48 bits per heavy atom. The number of aliphatic hydroxyl groups is 1. The predicted octanol–water partition coefficient (Wildman–Crippen LogP) is 2.65. The molecule has 0 unspecified atom stereocenters. The van der Waals surface area contributed by atoms with Gasteiger partial charge in [0, 0.05) is 36.3 Å². The van der Waals surface area contributed by atoms with Crippen molar-refractivity contribution in [3.63, 3.8) is 0 Å². The molecule has 3 aromatic rings. The number of ether oxygens (including phenoxy) is 2. The second kappa shape index (κ2) is 8.70. The van der Waals surface area contributed by atoms with Gasteiger partial charge in [-0.1, -0.05) is 12.1 Å². The third kappa shape index (κ3) is 4.67. The van der Waals surface area contributed by atoms with E-state index in [9.17, 15) is 10.2 Å². The highest BCUT2D eigenvalue weighted by molar-refractivity contribution is 5.87. The Hall–Kier alpha value is -2.83. The number of nitrogens with one attached hydrogen (secondary N) is 1. The molecule has 0 saturated carbocycles. The fourth-order valence-corrected chi connectivity index (χ4v) is 2.98. The van der Waals surface area contributed by atoms with E-state index in [1.54, 1.807) is 26.4 Å². The van der Waals surface area contributed by atoms with Gasteiger partial charge in [-0.15, -0.1) is 0 Å². The van der Waals surface area contributed by atoms with Gasteiger partial charge in [0.15, 0.2) is 0 Å². The summed E-state index contributed by atoms with van der Waals surface area (Å²) in [6.07, 6.45) is 2.47. The highest BCUT2D eigenvalue weighted by Gasteiger charge is 2.11. The van der Waals surface area contributed by atoms with Crippen LogP contribution in [-0.2, 0) is 13.0 Å². The normalized spacial score (nSPS) is 12.1. The van der Waals surface area contributed by atoms with Crippen LogP contribution in [0.5, 0.6) is 17.2 Å². The lowest BCUT2D eigenvalue weighted by Crippen LogP contribution is -2.34. The maximum Gasteiger partial charge on any atom is 0.131 e. The van der Waals surface area contributed by atoms with E-state index in [2.05, 4.69) is 10.3 Å². The second-order valence-electron chi connectivity index (χ2n) is 6.37. The Labute approximate surface area is 158 Å². The topological polar surface area (TPSA) is 83.8 Å². The molecule has 0 radical (unpaired) electrons. The van der Waals surface area contributed by atoms with Crippen molar-refractivity contribution in [3.8, 4) is 17.2 Å². The van der Waals surface area contributed by atoms with Crippen LogP contribution in [-0.4, -0.2) is 42.1 Å². The highest BCUT2D eigenvalue weighted by atomic mass is 16.5. The molecule has 1 aromatic heterocycles. The van der Waals surface area contributed by atoms with Crippen molar-refractivity contribution in [2.45, 2.75) is 19.0 Å². The number of phenolic OH excluding ortho intramolecular Hbond substituents is 1. The average molecular weight is 368 g/mol. The number of fused-ring (bicyclic) bond motifs is 1. The summed E-state index contributed by atoms with van der Waals surface area (Å²) < 4.78 is 10.7. The number of phenols is 1. The molecule has 0 fully saturated rings.